The summed E-state index contributed by atoms with van der Waals surface area (Å²) in [6.45, 7) is 7.79. The average Bonchev–Trinajstić information content (AvgIpc) is 3.28. The van der Waals surface area contributed by atoms with Gasteiger partial charge in [-0.3, -0.25) is 9.52 Å². The fourth-order valence-electron chi connectivity index (χ4n) is 4.82. The largest absolute Gasteiger partial charge is 0.360 e. The number of rotatable bonds is 10. The number of hydrogen-bond donors (Lipinski definition) is 2. The minimum Gasteiger partial charge on any atom is -0.360 e. The average molecular weight is 612 g/mol. The molecular formula is C27H36F3N5O4SSi. The molecule has 0 saturated carbocycles. The lowest BCUT2D eigenvalue weighted by molar-refractivity contribution is 0.0802. The molecule has 0 spiro atoms. The van der Waals surface area contributed by atoms with Crippen molar-refractivity contribution in [1.82, 2.24) is 20.0 Å². The summed E-state index contributed by atoms with van der Waals surface area (Å²) < 4.78 is 82.2. The quantitative estimate of drug-likeness (QED) is 0.256. The van der Waals surface area contributed by atoms with E-state index in [1.807, 2.05) is 4.90 Å². The van der Waals surface area contributed by atoms with Gasteiger partial charge in [-0.25, -0.2) is 26.3 Å². The predicted molar refractivity (Wildman–Crippen MR) is 156 cm³/mol. The van der Waals surface area contributed by atoms with Crippen molar-refractivity contribution in [3.63, 3.8) is 0 Å². The second kappa shape index (κ2) is 12.1. The highest BCUT2D eigenvalue weighted by Crippen LogP contribution is 2.36. The number of aromatic nitrogens is 2. The summed E-state index contributed by atoms with van der Waals surface area (Å²) in [6, 6.07) is 5.22. The lowest BCUT2D eigenvalue weighted by atomic mass is 10.0. The number of hydrogen-bond acceptors (Lipinski definition) is 6. The molecule has 14 heteroatoms. The normalized spacial score (nSPS) is 16.7. The molecule has 3 aromatic rings. The third-order valence-electron chi connectivity index (χ3n) is 7.13. The van der Waals surface area contributed by atoms with Crippen LogP contribution in [0.25, 0.3) is 22.0 Å². The molecule has 2 heterocycles. The van der Waals surface area contributed by atoms with Crippen LogP contribution in [0.4, 0.5) is 18.9 Å². The van der Waals surface area contributed by atoms with Crippen molar-refractivity contribution in [2.24, 2.45) is 0 Å². The summed E-state index contributed by atoms with van der Waals surface area (Å²) in [4.78, 5) is 14.3. The van der Waals surface area contributed by atoms with Gasteiger partial charge in [-0.2, -0.15) is 5.10 Å². The van der Waals surface area contributed by atoms with Crippen molar-refractivity contribution in [3.05, 3.63) is 47.4 Å². The number of carbonyl (C=O) groups is 1. The maximum Gasteiger partial charge on any atom is 0.272 e. The topological polar surface area (TPSA) is 106 Å². The smallest absolute Gasteiger partial charge is 0.272 e. The molecule has 1 amide bonds. The first-order valence-electron chi connectivity index (χ1n) is 13.4. The van der Waals surface area contributed by atoms with E-state index in [1.54, 1.807) is 7.05 Å². The molecule has 0 bridgehead atoms. The Morgan fingerprint density at radius 3 is 2.54 bits per heavy atom. The molecule has 224 valence electrons. The molecular weight excluding hydrogens is 575 g/mol. The first kappa shape index (κ1) is 31.0. The summed E-state index contributed by atoms with van der Waals surface area (Å²) in [5.41, 5.74) is -1.90. The van der Waals surface area contributed by atoms with Gasteiger partial charge in [0.05, 0.1) is 16.5 Å². The van der Waals surface area contributed by atoms with Crippen LogP contribution in [-0.2, 0) is 21.5 Å². The molecule has 1 aromatic heterocycles. The lowest BCUT2D eigenvalue weighted by Gasteiger charge is -2.29. The number of sulfonamides is 1. The molecule has 1 saturated heterocycles. The Morgan fingerprint density at radius 1 is 1.15 bits per heavy atom. The lowest BCUT2D eigenvalue weighted by Crippen LogP contribution is -2.42. The minimum atomic E-state index is -4.01. The summed E-state index contributed by atoms with van der Waals surface area (Å²) in [6.07, 6.45) is 1.07. The number of likely N-dealkylation sites (tertiary alicyclic amines) is 1. The Bertz CT molecular complexity index is 1560. The molecule has 1 unspecified atom stereocenters. The van der Waals surface area contributed by atoms with Crippen LogP contribution in [0.1, 0.15) is 23.3 Å². The summed E-state index contributed by atoms with van der Waals surface area (Å²) in [5, 5.41) is 6.04. The summed E-state index contributed by atoms with van der Waals surface area (Å²) >= 11 is 0. The molecule has 2 aromatic carbocycles. The number of anilines is 1. The van der Waals surface area contributed by atoms with Crippen molar-refractivity contribution in [3.8, 4) is 11.1 Å². The first-order valence-corrected chi connectivity index (χ1v) is 18.7. The van der Waals surface area contributed by atoms with E-state index in [2.05, 4.69) is 34.8 Å². The summed E-state index contributed by atoms with van der Waals surface area (Å²) in [7, 11) is -2.21. The number of piperidine rings is 1. The molecule has 2 N–H and O–H groups in total. The minimum absolute atomic E-state index is 0.0679. The van der Waals surface area contributed by atoms with Crippen LogP contribution in [0.5, 0.6) is 0 Å². The Labute approximate surface area is 239 Å². The van der Waals surface area contributed by atoms with Gasteiger partial charge in [-0.15, -0.1) is 0 Å². The zero-order chi connectivity index (χ0) is 30.1. The van der Waals surface area contributed by atoms with E-state index in [0.717, 1.165) is 35.5 Å². The number of amides is 1. The van der Waals surface area contributed by atoms with Crippen molar-refractivity contribution in [2.45, 2.75) is 50.5 Å². The van der Waals surface area contributed by atoms with Crippen LogP contribution >= 0.6 is 0 Å². The van der Waals surface area contributed by atoms with Crippen LogP contribution in [0.2, 0.25) is 25.7 Å². The van der Waals surface area contributed by atoms with Gasteiger partial charge in [0.2, 0.25) is 10.0 Å². The Hall–Kier alpha value is -2.94. The molecule has 1 aliphatic heterocycles. The van der Waals surface area contributed by atoms with Crippen molar-refractivity contribution in [2.75, 3.05) is 38.5 Å². The highest BCUT2D eigenvalue weighted by atomic mass is 32.2. The predicted octanol–water partition coefficient (Wildman–Crippen LogP) is 4.63. The Morgan fingerprint density at radius 2 is 1.88 bits per heavy atom. The SMILES string of the molecule is CNC(=O)c1nn(COCC[Si](C)(C)C)c2c(F)c(-c3c(F)ccc(NS(=O)(=O)C4CCCN(C)C4)c3F)ccc12. The van der Waals surface area contributed by atoms with Crippen LogP contribution in [0.3, 0.4) is 0 Å². The van der Waals surface area contributed by atoms with Gasteiger partial charge in [-0.05, 0) is 50.7 Å². The van der Waals surface area contributed by atoms with Crippen LogP contribution in [0, 0.1) is 17.5 Å². The van der Waals surface area contributed by atoms with E-state index >= 15 is 13.2 Å². The maximum atomic E-state index is 16.1. The van der Waals surface area contributed by atoms with Crippen molar-refractivity contribution >= 4 is 40.6 Å². The number of benzene rings is 2. The third-order valence-corrected chi connectivity index (χ3v) is 10.6. The molecule has 0 radical (unpaired) electrons. The number of fused-ring (bicyclic) bond motifs is 1. The number of nitrogens with zero attached hydrogens (tertiary/aromatic N) is 3. The monoisotopic (exact) mass is 611 g/mol. The van der Waals surface area contributed by atoms with Gasteiger partial charge in [0, 0.05) is 39.2 Å². The maximum absolute atomic E-state index is 16.1. The molecule has 1 aliphatic rings. The van der Waals surface area contributed by atoms with Gasteiger partial charge in [0.15, 0.2) is 17.3 Å². The Balaban J connectivity index is 1.75. The van der Waals surface area contributed by atoms with Crippen molar-refractivity contribution in [1.29, 1.82) is 0 Å². The molecule has 1 atom stereocenters. The van der Waals surface area contributed by atoms with E-state index in [-0.39, 0.29) is 29.9 Å². The number of carbonyl (C=O) groups excluding carboxylic acids is 1. The van der Waals surface area contributed by atoms with Crippen LogP contribution in [0.15, 0.2) is 24.3 Å². The zero-order valence-electron chi connectivity index (χ0n) is 23.9. The van der Waals surface area contributed by atoms with Gasteiger partial charge < -0.3 is 15.0 Å². The van der Waals surface area contributed by atoms with E-state index in [0.29, 0.717) is 19.4 Å². The molecule has 9 nitrogen and oxygen atoms in total. The first-order chi connectivity index (χ1) is 19.2. The van der Waals surface area contributed by atoms with E-state index in [9.17, 15) is 13.2 Å². The van der Waals surface area contributed by atoms with E-state index < -0.39 is 63.5 Å². The van der Waals surface area contributed by atoms with Crippen LogP contribution in [-0.4, -0.2) is 76.1 Å². The van der Waals surface area contributed by atoms with E-state index in [4.69, 9.17) is 4.74 Å². The molecule has 0 aliphatic carbocycles. The van der Waals surface area contributed by atoms with Gasteiger partial charge >= 0.3 is 0 Å². The van der Waals surface area contributed by atoms with Crippen LogP contribution < -0.4 is 10.0 Å². The highest BCUT2D eigenvalue weighted by molar-refractivity contribution is 7.93. The van der Waals surface area contributed by atoms with E-state index in [1.165, 1.54) is 13.1 Å². The highest BCUT2D eigenvalue weighted by Gasteiger charge is 2.31. The van der Waals surface area contributed by atoms with Gasteiger partial charge in [-0.1, -0.05) is 25.7 Å². The standard InChI is InChI=1S/C27H36F3N5O4SSi/c1-31-27(36)25-19-9-8-18(23(29)26(19)35(32-25)16-39-13-14-41(3,4)5)22-20(28)10-11-21(24(22)30)33-40(37,38)17-7-6-12-34(2)15-17/h8-11,17,33H,6-7,12-16H2,1-5H3,(H,31,36). The van der Waals surface area contributed by atoms with Gasteiger partial charge in [0.1, 0.15) is 18.1 Å². The third kappa shape index (κ3) is 6.76. The molecule has 4 rings (SSSR count). The zero-order valence-corrected chi connectivity index (χ0v) is 25.7. The van der Waals surface area contributed by atoms with Gasteiger partial charge in [0.25, 0.3) is 5.91 Å². The molecule has 41 heavy (non-hydrogen) atoms. The molecule has 1 fully saturated rings. The number of halogens is 3. The second-order valence-corrected chi connectivity index (χ2v) is 19.1. The fraction of sp³-hybridized carbons (Fsp3) is 0.481. The second-order valence-electron chi connectivity index (χ2n) is 11.6. The number of nitrogens with one attached hydrogen (secondary N) is 2. The number of ether oxygens (including phenoxy) is 1. The fourth-order valence-corrected chi connectivity index (χ4v) is 7.14. The van der Waals surface area contributed by atoms with Crippen molar-refractivity contribution < 1.29 is 31.1 Å². The Kier molecular flexibility index (Phi) is 9.16. The summed E-state index contributed by atoms with van der Waals surface area (Å²) in [5.74, 6) is -3.92.